The van der Waals surface area contributed by atoms with Gasteiger partial charge in [0.15, 0.2) is 0 Å². The number of nitrogens with zero attached hydrogens (tertiary/aromatic N) is 1. The molecule has 1 saturated carbocycles. The Morgan fingerprint density at radius 2 is 2.04 bits per heavy atom. The van der Waals surface area contributed by atoms with Gasteiger partial charge in [-0.1, -0.05) is 31.0 Å². The minimum atomic E-state index is -0.755. The number of rotatable bonds is 3. The summed E-state index contributed by atoms with van der Waals surface area (Å²) in [5.74, 6) is 0.00803. The number of hydrogen-bond acceptors (Lipinski definition) is 2. The SMILES string of the molecule is CCC1CCC2(CC1)NC(=O)N(Cc1ccc(F)cc1Cl)C2=O. The van der Waals surface area contributed by atoms with Crippen LogP contribution in [0.5, 0.6) is 0 Å². The molecule has 1 aromatic carbocycles. The Hall–Kier alpha value is -1.62. The maximum Gasteiger partial charge on any atom is 0.325 e. The van der Waals surface area contributed by atoms with E-state index in [9.17, 15) is 14.0 Å². The molecule has 2 fully saturated rings. The second-order valence-electron chi connectivity index (χ2n) is 6.49. The molecule has 6 heteroatoms. The van der Waals surface area contributed by atoms with Crippen molar-refractivity contribution in [1.29, 1.82) is 0 Å². The lowest BCUT2D eigenvalue weighted by Gasteiger charge is -2.34. The Kier molecular flexibility index (Phi) is 4.32. The van der Waals surface area contributed by atoms with Gasteiger partial charge in [-0.25, -0.2) is 9.18 Å². The van der Waals surface area contributed by atoms with Crippen molar-refractivity contribution < 1.29 is 14.0 Å². The number of amides is 3. The summed E-state index contributed by atoms with van der Waals surface area (Å²) >= 11 is 6.01. The lowest BCUT2D eigenvalue weighted by molar-refractivity contribution is -0.133. The first-order valence-electron chi connectivity index (χ1n) is 8.03. The molecule has 0 radical (unpaired) electrons. The van der Waals surface area contributed by atoms with E-state index in [4.69, 9.17) is 11.6 Å². The topological polar surface area (TPSA) is 49.4 Å². The van der Waals surface area contributed by atoms with Gasteiger partial charge in [0.05, 0.1) is 6.54 Å². The molecule has 2 aliphatic rings. The average molecular weight is 339 g/mol. The van der Waals surface area contributed by atoms with E-state index in [0.29, 0.717) is 24.3 Å². The van der Waals surface area contributed by atoms with Crippen molar-refractivity contribution in [1.82, 2.24) is 10.2 Å². The summed E-state index contributed by atoms with van der Waals surface area (Å²) in [7, 11) is 0. The molecule has 124 valence electrons. The number of carbonyl (C=O) groups excluding carboxylic acids is 2. The van der Waals surface area contributed by atoms with E-state index >= 15 is 0 Å². The molecule has 4 nitrogen and oxygen atoms in total. The van der Waals surface area contributed by atoms with Crippen molar-refractivity contribution in [2.24, 2.45) is 5.92 Å². The number of hydrogen-bond donors (Lipinski definition) is 1. The number of benzene rings is 1. The number of carbonyl (C=O) groups is 2. The predicted octanol–water partition coefficient (Wildman–Crippen LogP) is 3.87. The molecule has 23 heavy (non-hydrogen) atoms. The number of imide groups is 1. The fourth-order valence-electron chi connectivity index (χ4n) is 3.56. The summed E-state index contributed by atoms with van der Waals surface area (Å²) in [6.07, 6.45) is 4.38. The second kappa shape index (κ2) is 6.11. The van der Waals surface area contributed by atoms with Crippen molar-refractivity contribution in [3.8, 4) is 0 Å². The van der Waals surface area contributed by atoms with Gasteiger partial charge in [0, 0.05) is 5.02 Å². The third-order valence-corrected chi connectivity index (χ3v) is 5.48. The molecule has 1 aromatic rings. The second-order valence-corrected chi connectivity index (χ2v) is 6.90. The third kappa shape index (κ3) is 2.94. The Morgan fingerprint density at radius 3 is 2.65 bits per heavy atom. The van der Waals surface area contributed by atoms with E-state index in [1.807, 2.05) is 0 Å². The highest BCUT2D eigenvalue weighted by atomic mass is 35.5. The van der Waals surface area contributed by atoms with Crippen LogP contribution in [0, 0.1) is 11.7 Å². The van der Waals surface area contributed by atoms with Gasteiger partial charge in [-0.2, -0.15) is 0 Å². The highest BCUT2D eigenvalue weighted by Gasteiger charge is 2.52. The molecule has 0 aromatic heterocycles. The van der Waals surface area contributed by atoms with Gasteiger partial charge >= 0.3 is 6.03 Å². The molecule has 1 heterocycles. The van der Waals surface area contributed by atoms with E-state index in [1.165, 1.54) is 23.1 Å². The molecular weight excluding hydrogens is 319 g/mol. The Labute approximate surface area is 140 Å². The molecule has 1 saturated heterocycles. The van der Waals surface area contributed by atoms with Crippen LogP contribution in [-0.4, -0.2) is 22.4 Å². The van der Waals surface area contributed by atoms with E-state index in [-0.39, 0.29) is 23.5 Å². The van der Waals surface area contributed by atoms with Gasteiger partial charge in [0.25, 0.3) is 5.91 Å². The summed E-state index contributed by atoms with van der Waals surface area (Å²) in [6.45, 7) is 2.23. The monoisotopic (exact) mass is 338 g/mol. The number of halogens is 2. The van der Waals surface area contributed by atoms with Crippen LogP contribution in [0.25, 0.3) is 0 Å². The smallest absolute Gasteiger partial charge is 0.323 e. The van der Waals surface area contributed by atoms with Gasteiger partial charge in [0.1, 0.15) is 11.4 Å². The van der Waals surface area contributed by atoms with E-state index in [2.05, 4.69) is 12.2 Å². The predicted molar refractivity (Wildman–Crippen MR) is 85.5 cm³/mol. The molecule has 1 N–H and O–H groups in total. The quantitative estimate of drug-likeness (QED) is 0.850. The van der Waals surface area contributed by atoms with Gasteiger partial charge in [-0.15, -0.1) is 0 Å². The van der Waals surface area contributed by atoms with Crippen LogP contribution in [0.3, 0.4) is 0 Å². The summed E-state index contributed by atoms with van der Waals surface area (Å²) in [4.78, 5) is 26.3. The number of urea groups is 1. The minimum Gasteiger partial charge on any atom is -0.323 e. The first-order chi connectivity index (χ1) is 10.9. The Bertz CT molecular complexity index is 641. The maximum absolute atomic E-state index is 13.1. The maximum atomic E-state index is 13.1. The number of nitrogens with one attached hydrogen (secondary N) is 1. The molecule has 3 rings (SSSR count). The van der Waals surface area contributed by atoms with E-state index in [1.54, 1.807) is 0 Å². The van der Waals surface area contributed by atoms with Crippen molar-refractivity contribution in [2.75, 3.05) is 0 Å². The van der Waals surface area contributed by atoms with Crippen LogP contribution >= 0.6 is 11.6 Å². The zero-order chi connectivity index (χ0) is 16.6. The zero-order valence-electron chi connectivity index (χ0n) is 13.1. The Morgan fingerprint density at radius 1 is 1.35 bits per heavy atom. The lowest BCUT2D eigenvalue weighted by atomic mass is 9.75. The minimum absolute atomic E-state index is 0.0722. The molecular formula is C17H20ClFN2O2. The van der Waals surface area contributed by atoms with Crippen molar-refractivity contribution in [3.63, 3.8) is 0 Å². The highest BCUT2D eigenvalue weighted by molar-refractivity contribution is 6.31. The van der Waals surface area contributed by atoms with Gasteiger partial charge in [0.2, 0.25) is 0 Å². The third-order valence-electron chi connectivity index (χ3n) is 5.13. The molecule has 0 atom stereocenters. The lowest BCUT2D eigenvalue weighted by Crippen LogP contribution is -2.49. The fraction of sp³-hybridized carbons (Fsp3) is 0.529. The first-order valence-corrected chi connectivity index (χ1v) is 8.41. The zero-order valence-corrected chi connectivity index (χ0v) is 13.8. The van der Waals surface area contributed by atoms with E-state index in [0.717, 1.165) is 19.3 Å². The van der Waals surface area contributed by atoms with Gasteiger partial charge in [-0.3, -0.25) is 9.69 Å². The summed E-state index contributed by atoms with van der Waals surface area (Å²) in [6, 6.07) is 3.60. The van der Waals surface area contributed by atoms with Crippen molar-refractivity contribution >= 4 is 23.5 Å². The first kappa shape index (κ1) is 16.2. The average Bonchev–Trinajstić information content (AvgIpc) is 2.75. The standard InChI is InChI=1S/C17H20ClFN2O2/c1-2-11-5-7-17(8-6-11)15(22)21(16(23)20-17)10-12-3-4-13(19)9-14(12)18/h3-4,9,11H,2,5-8,10H2,1H3,(H,20,23). The van der Waals surface area contributed by atoms with Gasteiger partial charge < -0.3 is 5.32 Å². The fourth-order valence-corrected chi connectivity index (χ4v) is 3.78. The molecule has 1 aliphatic heterocycles. The molecule has 0 unspecified atom stereocenters. The summed E-state index contributed by atoms with van der Waals surface area (Å²) in [5, 5.41) is 3.11. The van der Waals surface area contributed by atoms with Crippen LogP contribution in [-0.2, 0) is 11.3 Å². The van der Waals surface area contributed by atoms with Crippen molar-refractivity contribution in [3.05, 3.63) is 34.6 Å². The van der Waals surface area contributed by atoms with Crippen LogP contribution in [0.1, 0.15) is 44.6 Å². The van der Waals surface area contributed by atoms with Gasteiger partial charge in [-0.05, 0) is 49.3 Å². The van der Waals surface area contributed by atoms with Crippen LogP contribution < -0.4 is 5.32 Å². The molecule has 0 bridgehead atoms. The normalized spacial score (nSPS) is 27.6. The highest BCUT2D eigenvalue weighted by Crippen LogP contribution is 2.38. The van der Waals surface area contributed by atoms with Crippen LogP contribution in [0.4, 0.5) is 9.18 Å². The molecule has 1 spiro atoms. The summed E-state index contributed by atoms with van der Waals surface area (Å²) < 4.78 is 13.1. The van der Waals surface area contributed by atoms with Crippen molar-refractivity contribution in [2.45, 2.75) is 51.1 Å². The van der Waals surface area contributed by atoms with Crippen LogP contribution in [0.2, 0.25) is 5.02 Å². The van der Waals surface area contributed by atoms with E-state index < -0.39 is 11.4 Å². The largest absolute Gasteiger partial charge is 0.325 e. The Balaban J connectivity index is 1.77. The van der Waals surface area contributed by atoms with Crippen LogP contribution in [0.15, 0.2) is 18.2 Å². The summed E-state index contributed by atoms with van der Waals surface area (Å²) in [5.41, 5.74) is -0.189. The molecule has 1 aliphatic carbocycles. The molecule has 3 amide bonds.